The van der Waals surface area contributed by atoms with Crippen LogP contribution in [0.1, 0.15) is 30.6 Å². The number of nitrogens with one attached hydrogen (secondary N) is 1. The molecule has 0 spiro atoms. The molecule has 3 rings (SSSR count). The van der Waals surface area contributed by atoms with Crippen LogP contribution in [0.4, 0.5) is 0 Å². The zero-order valence-corrected chi connectivity index (χ0v) is 17.8. The molecule has 1 N–H and O–H groups in total. The zero-order valence-electron chi connectivity index (χ0n) is 13.8. The summed E-state index contributed by atoms with van der Waals surface area (Å²) in [5.41, 5.74) is 0. The first-order valence-corrected chi connectivity index (χ1v) is 11.1. The van der Waals surface area contributed by atoms with Crippen LogP contribution in [0.3, 0.4) is 0 Å². The quantitative estimate of drug-likeness (QED) is 0.407. The number of sulfone groups is 1. The predicted octanol–water partition coefficient (Wildman–Crippen LogP) is 2.73. The van der Waals surface area contributed by atoms with E-state index in [1.807, 2.05) is 6.07 Å². The van der Waals surface area contributed by atoms with E-state index in [4.69, 9.17) is 4.99 Å². The zero-order chi connectivity index (χ0) is 16.1. The highest BCUT2D eigenvalue weighted by Gasteiger charge is 2.28. The Morgan fingerprint density at radius 1 is 1.33 bits per heavy atom. The van der Waals surface area contributed by atoms with Gasteiger partial charge in [-0.25, -0.2) is 13.4 Å². The van der Waals surface area contributed by atoms with Gasteiger partial charge in [0.25, 0.3) is 0 Å². The minimum atomic E-state index is -2.81. The maximum absolute atomic E-state index is 11.6. The highest BCUT2D eigenvalue weighted by Crippen LogP contribution is 2.18. The Balaban J connectivity index is 0.00000208. The van der Waals surface area contributed by atoms with Crippen LogP contribution in [0.5, 0.6) is 0 Å². The summed E-state index contributed by atoms with van der Waals surface area (Å²) in [4.78, 5) is 8.35. The van der Waals surface area contributed by atoms with Gasteiger partial charge >= 0.3 is 0 Å². The summed E-state index contributed by atoms with van der Waals surface area (Å²) < 4.78 is 23.2. The lowest BCUT2D eigenvalue weighted by Crippen LogP contribution is -2.45. The smallest absolute Gasteiger partial charge is 0.194 e. The van der Waals surface area contributed by atoms with Crippen LogP contribution in [-0.4, -0.2) is 50.4 Å². The van der Waals surface area contributed by atoms with Crippen LogP contribution in [0.2, 0.25) is 0 Å². The topological polar surface area (TPSA) is 61.8 Å². The monoisotopic (exact) mass is 483 g/mol. The van der Waals surface area contributed by atoms with Crippen molar-refractivity contribution in [2.24, 2.45) is 10.9 Å². The molecule has 1 atom stereocenters. The number of likely N-dealkylation sites (tertiary alicyclic amines) is 1. The average Bonchev–Trinajstić information content (AvgIpc) is 3.17. The van der Waals surface area contributed by atoms with Crippen molar-refractivity contribution in [1.29, 1.82) is 0 Å². The molecule has 5 nitrogen and oxygen atoms in total. The lowest BCUT2D eigenvalue weighted by Gasteiger charge is -2.30. The van der Waals surface area contributed by atoms with E-state index in [9.17, 15) is 8.42 Å². The Kier molecular flexibility index (Phi) is 7.80. The normalized spacial score (nSPS) is 23.8. The van der Waals surface area contributed by atoms with Gasteiger partial charge in [-0.3, -0.25) is 0 Å². The summed E-state index contributed by atoms with van der Waals surface area (Å²) in [6, 6.07) is 4.15. The highest BCUT2D eigenvalue weighted by molar-refractivity contribution is 14.0. The molecule has 2 fully saturated rings. The van der Waals surface area contributed by atoms with Gasteiger partial charge in [0.1, 0.15) is 0 Å². The maximum atomic E-state index is 11.6. The van der Waals surface area contributed by atoms with E-state index in [0.29, 0.717) is 24.6 Å². The highest BCUT2D eigenvalue weighted by atomic mass is 127. The van der Waals surface area contributed by atoms with Crippen LogP contribution in [0.15, 0.2) is 22.5 Å². The molecule has 2 aliphatic heterocycles. The number of piperidine rings is 1. The molecule has 3 heterocycles. The third-order valence-corrected chi connectivity index (χ3v) is 7.19. The van der Waals surface area contributed by atoms with E-state index in [1.165, 1.54) is 24.1 Å². The molecule has 136 valence electrons. The van der Waals surface area contributed by atoms with Gasteiger partial charge in [0.05, 0.1) is 18.1 Å². The van der Waals surface area contributed by atoms with E-state index in [-0.39, 0.29) is 29.9 Å². The van der Waals surface area contributed by atoms with Crippen LogP contribution < -0.4 is 5.32 Å². The Morgan fingerprint density at radius 3 is 2.75 bits per heavy atom. The molecule has 2 saturated heterocycles. The van der Waals surface area contributed by atoms with Gasteiger partial charge in [0, 0.05) is 24.5 Å². The molecule has 2 aliphatic rings. The first-order valence-electron chi connectivity index (χ1n) is 8.38. The van der Waals surface area contributed by atoms with Crippen molar-refractivity contribution in [2.45, 2.75) is 32.2 Å². The van der Waals surface area contributed by atoms with Gasteiger partial charge in [-0.1, -0.05) is 6.07 Å². The molecular weight excluding hydrogens is 457 g/mol. The molecule has 1 aromatic rings. The minimum Gasteiger partial charge on any atom is -0.356 e. The summed E-state index contributed by atoms with van der Waals surface area (Å²) in [7, 11) is -2.81. The molecular formula is C16H26IN3O2S2. The lowest BCUT2D eigenvalue weighted by atomic mass is 10.1. The second-order valence-electron chi connectivity index (χ2n) is 6.42. The Labute approximate surface area is 165 Å². The number of guanidine groups is 1. The van der Waals surface area contributed by atoms with E-state index in [0.717, 1.165) is 25.5 Å². The molecule has 1 aromatic heterocycles. The summed E-state index contributed by atoms with van der Waals surface area (Å²) in [6.45, 7) is 3.48. The molecule has 0 aliphatic carbocycles. The van der Waals surface area contributed by atoms with Crippen molar-refractivity contribution in [3.8, 4) is 0 Å². The van der Waals surface area contributed by atoms with Crippen LogP contribution in [0.25, 0.3) is 0 Å². The SMILES string of the molecule is I.O=S1(=O)CCC(CNC(=NCc2cccs2)N2CCCCC2)C1. The van der Waals surface area contributed by atoms with Crippen molar-refractivity contribution in [3.05, 3.63) is 22.4 Å². The van der Waals surface area contributed by atoms with Crippen LogP contribution in [-0.2, 0) is 16.4 Å². The predicted molar refractivity (Wildman–Crippen MR) is 111 cm³/mol. The number of rotatable bonds is 4. The van der Waals surface area contributed by atoms with E-state index < -0.39 is 9.84 Å². The van der Waals surface area contributed by atoms with Gasteiger partial charge in [-0.05, 0) is 43.0 Å². The van der Waals surface area contributed by atoms with Gasteiger partial charge in [0.2, 0.25) is 0 Å². The molecule has 1 unspecified atom stereocenters. The second kappa shape index (κ2) is 9.38. The average molecular weight is 483 g/mol. The van der Waals surface area contributed by atoms with Crippen LogP contribution in [0, 0.1) is 5.92 Å². The van der Waals surface area contributed by atoms with E-state index in [2.05, 4.69) is 21.7 Å². The van der Waals surface area contributed by atoms with Crippen molar-refractivity contribution in [2.75, 3.05) is 31.1 Å². The van der Waals surface area contributed by atoms with Gasteiger partial charge in [-0.2, -0.15) is 0 Å². The number of aliphatic imine (C=N–C) groups is 1. The summed E-state index contributed by atoms with van der Waals surface area (Å²) in [5, 5.41) is 5.52. The minimum absolute atomic E-state index is 0. The number of nitrogens with zero attached hydrogens (tertiary/aromatic N) is 2. The summed E-state index contributed by atoms with van der Waals surface area (Å²) in [5.74, 6) is 1.82. The number of thiophene rings is 1. The van der Waals surface area contributed by atoms with Gasteiger partial charge in [0.15, 0.2) is 15.8 Å². The number of hydrogen-bond acceptors (Lipinski definition) is 4. The fourth-order valence-corrected chi connectivity index (χ4v) is 5.69. The maximum Gasteiger partial charge on any atom is 0.194 e. The van der Waals surface area contributed by atoms with Gasteiger partial charge in [-0.15, -0.1) is 35.3 Å². The van der Waals surface area contributed by atoms with E-state index in [1.54, 1.807) is 11.3 Å². The first-order chi connectivity index (χ1) is 11.1. The van der Waals surface area contributed by atoms with Crippen molar-refractivity contribution in [1.82, 2.24) is 10.2 Å². The third-order valence-electron chi connectivity index (χ3n) is 4.50. The molecule has 0 radical (unpaired) electrons. The summed E-state index contributed by atoms with van der Waals surface area (Å²) in [6.07, 6.45) is 4.47. The third kappa shape index (κ3) is 5.87. The standard InChI is InChI=1S/C16H25N3O2S2.HI/c20-23(21)10-6-14(13-23)11-17-16(19-7-2-1-3-8-19)18-12-15-5-4-9-22-15;/h4-5,9,14H,1-3,6-8,10-13H2,(H,17,18);1H. The fourth-order valence-electron chi connectivity index (χ4n) is 3.20. The van der Waals surface area contributed by atoms with Crippen molar-refractivity contribution >= 4 is 51.1 Å². The fraction of sp³-hybridized carbons (Fsp3) is 0.688. The van der Waals surface area contributed by atoms with Crippen LogP contribution >= 0.6 is 35.3 Å². The molecule has 24 heavy (non-hydrogen) atoms. The molecule has 0 saturated carbocycles. The lowest BCUT2D eigenvalue weighted by molar-refractivity contribution is 0.329. The Morgan fingerprint density at radius 2 is 2.12 bits per heavy atom. The first kappa shape index (κ1) is 20.0. The summed E-state index contributed by atoms with van der Waals surface area (Å²) >= 11 is 1.72. The van der Waals surface area contributed by atoms with E-state index >= 15 is 0 Å². The van der Waals surface area contributed by atoms with Crippen molar-refractivity contribution < 1.29 is 8.42 Å². The Hall–Kier alpha value is -0.350. The largest absolute Gasteiger partial charge is 0.356 e. The second-order valence-corrected chi connectivity index (χ2v) is 9.68. The molecule has 0 amide bonds. The number of halogens is 1. The van der Waals surface area contributed by atoms with Crippen molar-refractivity contribution in [3.63, 3.8) is 0 Å². The van der Waals surface area contributed by atoms with Gasteiger partial charge < -0.3 is 10.2 Å². The Bertz CT molecular complexity index is 626. The molecule has 0 bridgehead atoms. The molecule has 8 heteroatoms. The number of hydrogen-bond donors (Lipinski definition) is 1. The molecule has 0 aromatic carbocycles.